The maximum Gasteiger partial charge on any atom is 0.108 e. The summed E-state index contributed by atoms with van der Waals surface area (Å²) in [6.45, 7) is 0.615. The first-order chi connectivity index (χ1) is 8.36. The van der Waals surface area contributed by atoms with Gasteiger partial charge in [-0.3, -0.25) is 0 Å². The van der Waals surface area contributed by atoms with Crippen LogP contribution in [0, 0.1) is 0 Å². The lowest BCUT2D eigenvalue weighted by Crippen LogP contribution is -2.03. The van der Waals surface area contributed by atoms with E-state index in [1.807, 2.05) is 30.6 Å². The number of aromatic amines is 1. The lowest BCUT2D eigenvalue weighted by molar-refractivity contribution is 0.900. The highest BCUT2D eigenvalue weighted by Gasteiger charge is 2.03. The average molecular weight is 226 g/mol. The number of nitrogens with zero attached hydrogens (tertiary/aromatic N) is 2. The zero-order chi connectivity index (χ0) is 11.7. The molecular weight excluding hydrogens is 212 g/mol. The van der Waals surface area contributed by atoms with E-state index in [2.05, 4.69) is 26.7 Å². The Balaban J connectivity index is 2.06. The van der Waals surface area contributed by atoms with Gasteiger partial charge in [-0.05, 0) is 36.9 Å². The predicted octanol–water partition coefficient (Wildman–Crippen LogP) is 1.85. The highest BCUT2D eigenvalue weighted by atomic mass is 15.0. The number of hydrogen-bond acceptors (Lipinski definition) is 2. The van der Waals surface area contributed by atoms with Crippen LogP contribution in [-0.4, -0.2) is 21.1 Å². The second kappa shape index (κ2) is 4.07. The number of nitrogens with two attached hydrogens (primary N) is 1. The van der Waals surface area contributed by atoms with Gasteiger partial charge in [0.15, 0.2) is 0 Å². The molecule has 3 aromatic rings. The second-order valence-corrected chi connectivity index (χ2v) is 4.01. The van der Waals surface area contributed by atoms with E-state index >= 15 is 0 Å². The molecule has 3 N–H and O–H groups in total. The number of nitrogens with one attached hydrogen (secondary N) is 1. The number of hydrogen-bond donors (Lipinski definition) is 2. The van der Waals surface area contributed by atoms with Gasteiger partial charge in [0.1, 0.15) is 5.82 Å². The molecule has 0 saturated carbocycles. The van der Waals surface area contributed by atoms with Gasteiger partial charge in [-0.2, -0.15) is 0 Å². The third-order valence-electron chi connectivity index (χ3n) is 2.80. The smallest absolute Gasteiger partial charge is 0.108 e. The van der Waals surface area contributed by atoms with Crippen LogP contribution in [-0.2, 0) is 6.42 Å². The Bertz CT molecular complexity index is 622. The van der Waals surface area contributed by atoms with Crippen LogP contribution < -0.4 is 5.73 Å². The van der Waals surface area contributed by atoms with Crippen molar-refractivity contribution >= 4 is 11.0 Å². The van der Waals surface area contributed by atoms with Crippen LogP contribution in [0.25, 0.3) is 16.7 Å². The van der Waals surface area contributed by atoms with Crippen molar-refractivity contribution in [2.45, 2.75) is 6.42 Å². The van der Waals surface area contributed by atoms with Crippen molar-refractivity contribution in [1.82, 2.24) is 14.5 Å². The molecule has 0 fully saturated rings. The summed E-state index contributed by atoms with van der Waals surface area (Å²) in [4.78, 5) is 7.77. The maximum atomic E-state index is 5.53. The van der Waals surface area contributed by atoms with E-state index in [0.717, 1.165) is 29.0 Å². The molecule has 1 aromatic carbocycles. The van der Waals surface area contributed by atoms with Gasteiger partial charge < -0.3 is 15.3 Å². The SMILES string of the molecule is NCCc1nc2ccc(-n3cccc3)cc2[nH]1. The maximum absolute atomic E-state index is 5.53. The van der Waals surface area contributed by atoms with Gasteiger partial charge in [0.2, 0.25) is 0 Å². The van der Waals surface area contributed by atoms with Gasteiger partial charge in [-0.1, -0.05) is 0 Å². The zero-order valence-electron chi connectivity index (χ0n) is 9.43. The largest absolute Gasteiger partial charge is 0.342 e. The third-order valence-corrected chi connectivity index (χ3v) is 2.80. The van der Waals surface area contributed by atoms with Gasteiger partial charge >= 0.3 is 0 Å². The molecule has 4 heteroatoms. The number of rotatable bonds is 3. The molecule has 0 atom stereocenters. The Morgan fingerprint density at radius 2 is 2.06 bits per heavy atom. The minimum atomic E-state index is 0.615. The monoisotopic (exact) mass is 226 g/mol. The first-order valence-electron chi connectivity index (χ1n) is 5.69. The molecule has 0 bridgehead atoms. The lowest BCUT2D eigenvalue weighted by atomic mass is 10.3. The molecule has 0 aliphatic rings. The fourth-order valence-electron chi connectivity index (χ4n) is 1.97. The third kappa shape index (κ3) is 1.83. The Labute approximate surface area is 99.1 Å². The topological polar surface area (TPSA) is 59.6 Å². The summed E-state index contributed by atoms with van der Waals surface area (Å²) in [6, 6.07) is 10.2. The van der Waals surface area contributed by atoms with Gasteiger partial charge in [0.05, 0.1) is 11.0 Å². The van der Waals surface area contributed by atoms with Crippen molar-refractivity contribution in [1.29, 1.82) is 0 Å². The van der Waals surface area contributed by atoms with Gasteiger partial charge in [0.25, 0.3) is 0 Å². The van der Waals surface area contributed by atoms with Crippen molar-refractivity contribution in [3.05, 3.63) is 48.5 Å². The Kier molecular flexibility index (Phi) is 2.42. The standard InChI is InChI=1S/C13H14N4/c14-6-5-13-15-11-4-3-10(9-12(11)16-13)17-7-1-2-8-17/h1-4,7-9H,5-6,14H2,(H,15,16). The van der Waals surface area contributed by atoms with Crippen LogP contribution >= 0.6 is 0 Å². The molecular formula is C13H14N4. The highest BCUT2D eigenvalue weighted by Crippen LogP contribution is 2.17. The molecule has 0 spiro atoms. The van der Waals surface area contributed by atoms with Crippen molar-refractivity contribution in [2.24, 2.45) is 5.73 Å². The summed E-state index contributed by atoms with van der Waals surface area (Å²) >= 11 is 0. The van der Waals surface area contributed by atoms with Crippen LogP contribution in [0.3, 0.4) is 0 Å². The fourth-order valence-corrected chi connectivity index (χ4v) is 1.97. The molecule has 0 aliphatic heterocycles. The molecule has 3 rings (SSSR count). The van der Waals surface area contributed by atoms with E-state index < -0.39 is 0 Å². The molecule has 2 heterocycles. The van der Waals surface area contributed by atoms with Crippen molar-refractivity contribution in [2.75, 3.05) is 6.54 Å². The molecule has 86 valence electrons. The first kappa shape index (κ1) is 10.1. The molecule has 0 amide bonds. The van der Waals surface area contributed by atoms with Gasteiger partial charge in [-0.25, -0.2) is 4.98 Å². The number of H-pyrrole nitrogens is 1. The molecule has 0 saturated heterocycles. The Hall–Kier alpha value is -2.07. The van der Waals surface area contributed by atoms with E-state index in [4.69, 9.17) is 5.73 Å². The fraction of sp³-hybridized carbons (Fsp3) is 0.154. The number of imidazole rings is 1. The van der Waals surface area contributed by atoms with E-state index in [1.165, 1.54) is 0 Å². The normalized spacial score (nSPS) is 11.1. The second-order valence-electron chi connectivity index (χ2n) is 4.01. The van der Waals surface area contributed by atoms with Crippen molar-refractivity contribution in [3.63, 3.8) is 0 Å². The summed E-state index contributed by atoms with van der Waals surface area (Å²) in [6.07, 6.45) is 4.84. The van der Waals surface area contributed by atoms with Gasteiger partial charge in [0, 0.05) is 24.5 Å². The summed E-state index contributed by atoms with van der Waals surface area (Å²) in [5, 5.41) is 0. The highest BCUT2D eigenvalue weighted by molar-refractivity contribution is 5.77. The van der Waals surface area contributed by atoms with Gasteiger partial charge in [-0.15, -0.1) is 0 Å². The number of fused-ring (bicyclic) bond motifs is 1. The van der Waals surface area contributed by atoms with E-state index in [1.54, 1.807) is 0 Å². The summed E-state index contributed by atoms with van der Waals surface area (Å²) in [5.41, 5.74) is 8.70. The molecule has 2 aromatic heterocycles. The number of aromatic nitrogens is 3. The quantitative estimate of drug-likeness (QED) is 0.716. The summed E-state index contributed by atoms with van der Waals surface area (Å²) in [5.74, 6) is 0.951. The van der Waals surface area contributed by atoms with Crippen LogP contribution in [0.1, 0.15) is 5.82 Å². The Morgan fingerprint density at radius 3 is 2.82 bits per heavy atom. The minimum absolute atomic E-state index is 0.615. The van der Waals surface area contributed by atoms with Crippen LogP contribution in [0.2, 0.25) is 0 Å². The van der Waals surface area contributed by atoms with Crippen LogP contribution in [0.4, 0.5) is 0 Å². The van der Waals surface area contributed by atoms with E-state index in [0.29, 0.717) is 6.54 Å². The molecule has 0 aliphatic carbocycles. The first-order valence-corrected chi connectivity index (χ1v) is 5.69. The molecule has 0 unspecified atom stereocenters. The number of benzene rings is 1. The minimum Gasteiger partial charge on any atom is -0.342 e. The molecule has 4 nitrogen and oxygen atoms in total. The van der Waals surface area contributed by atoms with E-state index in [-0.39, 0.29) is 0 Å². The predicted molar refractivity (Wildman–Crippen MR) is 68.2 cm³/mol. The van der Waals surface area contributed by atoms with Crippen molar-refractivity contribution < 1.29 is 0 Å². The Morgan fingerprint density at radius 1 is 1.24 bits per heavy atom. The summed E-state index contributed by atoms with van der Waals surface area (Å²) in [7, 11) is 0. The van der Waals surface area contributed by atoms with Crippen molar-refractivity contribution in [3.8, 4) is 5.69 Å². The summed E-state index contributed by atoms with van der Waals surface area (Å²) < 4.78 is 2.07. The average Bonchev–Trinajstić information content (AvgIpc) is 2.96. The van der Waals surface area contributed by atoms with Crippen LogP contribution in [0.15, 0.2) is 42.7 Å². The van der Waals surface area contributed by atoms with Crippen LogP contribution in [0.5, 0.6) is 0 Å². The molecule has 0 radical (unpaired) electrons. The molecule has 17 heavy (non-hydrogen) atoms. The lowest BCUT2D eigenvalue weighted by Gasteiger charge is -2.01. The zero-order valence-corrected chi connectivity index (χ0v) is 9.43. The van der Waals surface area contributed by atoms with E-state index in [9.17, 15) is 0 Å².